The summed E-state index contributed by atoms with van der Waals surface area (Å²) in [6.07, 6.45) is 16.7. The largest absolute Gasteiger partial charge is 0.490 e. The molecular weight excluding hydrogens is 344 g/mol. The molecule has 1 aliphatic rings. The van der Waals surface area contributed by atoms with Crippen molar-refractivity contribution in [1.82, 2.24) is 9.97 Å². The second kappa shape index (κ2) is 11.2. The van der Waals surface area contributed by atoms with Gasteiger partial charge >= 0.3 is 0 Å². The van der Waals surface area contributed by atoms with Crippen LogP contribution in [0.2, 0.25) is 0 Å². The first kappa shape index (κ1) is 20.8. The predicted octanol–water partition coefficient (Wildman–Crippen LogP) is 6.86. The van der Waals surface area contributed by atoms with Crippen LogP contribution in [0.15, 0.2) is 36.7 Å². The number of rotatable bonds is 10. The number of unbranched alkanes of at least 4 members (excludes halogenated alkanes) is 2. The number of benzene rings is 1. The standard InChI is InChI=1S/C25H36N2O/c1-3-5-6-17-28-24-18-26-25(27-19-24)23-15-13-22(14-16-23)12-11-21-9-7-20(4-2)8-10-21/h13-16,18-21H,3-12,17H2,1-2H3. The molecule has 0 radical (unpaired) electrons. The van der Waals surface area contributed by atoms with Crippen molar-refractivity contribution in [1.29, 1.82) is 0 Å². The Morgan fingerprint density at radius 2 is 1.57 bits per heavy atom. The Morgan fingerprint density at radius 3 is 2.21 bits per heavy atom. The van der Waals surface area contributed by atoms with Crippen LogP contribution in [0.4, 0.5) is 0 Å². The quantitative estimate of drug-likeness (QED) is 0.422. The molecule has 1 heterocycles. The highest BCUT2D eigenvalue weighted by atomic mass is 16.5. The van der Waals surface area contributed by atoms with Crippen LogP contribution in [0.5, 0.6) is 5.75 Å². The molecule has 0 spiro atoms. The van der Waals surface area contributed by atoms with E-state index < -0.39 is 0 Å². The molecule has 3 rings (SSSR count). The van der Waals surface area contributed by atoms with Crippen molar-refractivity contribution in [3.8, 4) is 17.1 Å². The summed E-state index contributed by atoms with van der Waals surface area (Å²) in [5.74, 6) is 3.44. The average Bonchev–Trinajstić information content (AvgIpc) is 2.76. The van der Waals surface area contributed by atoms with Crippen molar-refractivity contribution in [2.75, 3.05) is 6.61 Å². The summed E-state index contributed by atoms with van der Waals surface area (Å²) in [5.41, 5.74) is 2.50. The Morgan fingerprint density at radius 1 is 0.893 bits per heavy atom. The fraction of sp³-hybridized carbons (Fsp3) is 0.600. The minimum atomic E-state index is 0.741. The molecule has 28 heavy (non-hydrogen) atoms. The monoisotopic (exact) mass is 380 g/mol. The molecular formula is C25H36N2O. The van der Waals surface area contributed by atoms with Crippen molar-refractivity contribution in [3.63, 3.8) is 0 Å². The van der Waals surface area contributed by atoms with E-state index in [1.807, 2.05) is 0 Å². The molecule has 3 nitrogen and oxygen atoms in total. The molecule has 0 aliphatic heterocycles. The van der Waals surface area contributed by atoms with Gasteiger partial charge in [-0.25, -0.2) is 9.97 Å². The zero-order chi connectivity index (χ0) is 19.6. The summed E-state index contributed by atoms with van der Waals surface area (Å²) < 4.78 is 5.70. The van der Waals surface area contributed by atoms with Gasteiger partial charge < -0.3 is 4.74 Å². The fourth-order valence-corrected chi connectivity index (χ4v) is 4.20. The lowest BCUT2D eigenvalue weighted by Crippen LogP contribution is -2.14. The van der Waals surface area contributed by atoms with Gasteiger partial charge in [0.05, 0.1) is 19.0 Å². The van der Waals surface area contributed by atoms with Crippen LogP contribution >= 0.6 is 0 Å². The third kappa shape index (κ3) is 6.32. The lowest BCUT2D eigenvalue weighted by Gasteiger charge is -2.27. The van der Waals surface area contributed by atoms with E-state index in [4.69, 9.17) is 4.74 Å². The predicted molar refractivity (Wildman–Crippen MR) is 117 cm³/mol. The van der Waals surface area contributed by atoms with E-state index in [-0.39, 0.29) is 0 Å². The van der Waals surface area contributed by atoms with Gasteiger partial charge in [-0.1, -0.05) is 83.1 Å². The first-order chi connectivity index (χ1) is 13.8. The van der Waals surface area contributed by atoms with Crippen molar-refractivity contribution in [2.45, 2.75) is 78.1 Å². The van der Waals surface area contributed by atoms with Gasteiger partial charge in [0.1, 0.15) is 0 Å². The van der Waals surface area contributed by atoms with Gasteiger partial charge in [0.2, 0.25) is 0 Å². The van der Waals surface area contributed by atoms with Crippen LogP contribution in [0, 0.1) is 11.8 Å². The van der Waals surface area contributed by atoms with E-state index in [1.165, 1.54) is 63.4 Å². The first-order valence-corrected chi connectivity index (χ1v) is 11.3. The van der Waals surface area contributed by atoms with Gasteiger partial charge in [-0.15, -0.1) is 0 Å². The van der Waals surface area contributed by atoms with Crippen molar-refractivity contribution < 1.29 is 4.74 Å². The van der Waals surface area contributed by atoms with E-state index in [2.05, 4.69) is 48.1 Å². The number of aromatic nitrogens is 2. The molecule has 2 aromatic rings. The summed E-state index contributed by atoms with van der Waals surface area (Å²) in [6.45, 7) is 5.27. The molecule has 1 aromatic carbocycles. The third-order valence-corrected chi connectivity index (χ3v) is 6.24. The average molecular weight is 381 g/mol. The fourth-order valence-electron chi connectivity index (χ4n) is 4.20. The molecule has 0 atom stereocenters. The van der Waals surface area contributed by atoms with Gasteiger partial charge in [0, 0.05) is 5.56 Å². The number of nitrogens with zero attached hydrogens (tertiary/aromatic N) is 2. The normalized spacial score (nSPS) is 19.5. The minimum Gasteiger partial charge on any atom is -0.490 e. The number of ether oxygens (including phenoxy) is 1. The summed E-state index contributed by atoms with van der Waals surface area (Å²) in [7, 11) is 0. The number of hydrogen-bond donors (Lipinski definition) is 0. The molecule has 0 amide bonds. The van der Waals surface area contributed by atoms with Crippen LogP contribution in [0.1, 0.15) is 77.2 Å². The molecule has 0 unspecified atom stereocenters. The van der Waals surface area contributed by atoms with Crippen molar-refractivity contribution in [2.24, 2.45) is 11.8 Å². The van der Waals surface area contributed by atoms with Crippen LogP contribution < -0.4 is 4.74 Å². The Bertz CT molecular complexity index is 673. The summed E-state index contributed by atoms with van der Waals surface area (Å²) in [6, 6.07) is 8.79. The third-order valence-electron chi connectivity index (χ3n) is 6.24. The Labute approximate surface area is 171 Å². The topological polar surface area (TPSA) is 35.0 Å². The highest BCUT2D eigenvalue weighted by Crippen LogP contribution is 2.33. The maximum Gasteiger partial charge on any atom is 0.159 e. The molecule has 152 valence electrons. The lowest BCUT2D eigenvalue weighted by molar-refractivity contribution is 0.259. The SMILES string of the molecule is CCCCCOc1cnc(-c2ccc(CCC3CCC(CC)CC3)cc2)nc1. The maximum absolute atomic E-state index is 5.70. The Kier molecular flexibility index (Phi) is 8.32. The highest BCUT2D eigenvalue weighted by molar-refractivity contribution is 5.55. The lowest BCUT2D eigenvalue weighted by atomic mass is 9.78. The zero-order valence-corrected chi connectivity index (χ0v) is 17.7. The molecule has 1 fully saturated rings. The molecule has 0 N–H and O–H groups in total. The number of hydrogen-bond acceptors (Lipinski definition) is 3. The Balaban J connectivity index is 1.46. The Hall–Kier alpha value is -1.90. The first-order valence-electron chi connectivity index (χ1n) is 11.3. The molecule has 1 saturated carbocycles. The van der Waals surface area contributed by atoms with E-state index >= 15 is 0 Å². The molecule has 3 heteroatoms. The van der Waals surface area contributed by atoms with Gasteiger partial charge in [0.25, 0.3) is 0 Å². The molecule has 0 saturated heterocycles. The zero-order valence-electron chi connectivity index (χ0n) is 17.7. The maximum atomic E-state index is 5.70. The van der Waals surface area contributed by atoms with Gasteiger partial charge in [-0.2, -0.15) is 0 Å². The smallest absolute Gasteiger partial charge is 0.159 e. The van der Waals surface area contributed by atoms with Crippen LogP contribution in [0.25, 0.3) is 11.4 Å². The van der Waals surface area contributed by atoms with E-state index in [9.17, 15) is 0 Å². The summed E-state index contributed by atoms with van der Waals surface area (Å²) >= 11 is 0. The second-order valence-corrected chi connectivity index (χ2v) is 8.33. The molecule has 1 aromatic heterocycles. The van der Waals surface area contributed by atoms with Gasteiger partial charge in [-0.05, 0) is 36.7 Å². The van der Waals surface area contributed by atoms with Crippen LogP contribution in [-0.4, -0.2) is 16.6 Å². The van der Waals surface area contributed by atoms with E-state index in [1.54, 1.807) is 12.4 Å². The molecule has 0 bridgehead atoms. The van der Waals surface area contributed by atoms with Gasteiger partial charge in [-0.3, -0.25) is 0 Å². The van der Waals surface area contributed by atoms with Gasteiger partial charge in [0.15, 0.2) is 11.6 Å². The molecule has 1 aliphatic carbocycles. The van der Waals surface area contributed by atoms with Crippen LogP contribution in [0.3, 0.4) is 0 Å². The summed E-state index contributed by atoms with van der Waals surface area (Å²) in [5, 5.41) is 0. The van der Waals surface area contributed by atoms with Crippen LogP contribution in [-0.2, 0) is 6.42 Å². The van der Waals surface area contributed by atoms with E-state index in [0.717, 1.165) is 42.0 Å². The van der Waals surface area contributed by atoms with Crippen molar-refractivity contribution in [3.05, 3.63) is 42.2 Å². The highest BCUT2D eigenvalue weighted by Gasteiger charge is 2.19. The van der Waals surface area contributed by atoms with E-state index in [0.29, 0.717) is 0 Å². The second-order valence-electron chi connectivity index (χ2n) is 8.33. The summed E-state index contributed by atoms with van der Waals surface area (Å²) in [4.78, 5) is 8.95. The minimum absolute atomic E-state index is 0.741. The number of aryl methyl sites for hydroxylation is 1. The van der Waals surface area contributed by atoms with Crippen molar-refractivity contribution >= 4 is 0 Å².